The predicted octanol–water partition coefficient (Wildman–Crippen LogP) is 4.44. The van der Waals surface area contributed by atoms with Crippen LogP contribution in [-0.4, -0.2) is 29.0 Å². The summed E-state index contributed by atoms with van der Waals surface area (Å²) in [5.41, 5.74) is 0.402. The van der Waals surface area contributed by atoms with Gasteiger partial charge in [-0.15, -0.1) is 0 Å². The van der Waals surface area contributed by atoms with Crippen LogP contribution in [0.1, 0.15) is 17.5 Å². The number of rotatable bonds is 4. The number of nitrogens with zero attached hydrogens (tertiary/aromatic N) is 2. The minimum atomic E-state index is -4.44. The number of aromatic nitrogens is 1. The molecular weight excluding hydrogens is 339 g/mol. The van der Waals surface area contributed by atoms with Gasteiger partial charge in [-0.05, 0) is 18.1 Å². The maximum Gasteiger partial charge on any atom is 0.417 e. The van der Waals surface area contributed by atoms with Gasteiger partial charge >= 0.3 is 6.18 Å². The van der Waals surface area contributed by atoms with Gasteiger partial charge in [-0.25, -0.2) is 4.98 Å². The van der Waals surface area contributed by atoms with Gasteiger partial charge in [0, 0.05) is 31.9 Å². The van der Waals surface area contributed by atoms with E-state index < -0.39 is 11.7 Å². The number of hydrogen-bond donors (Lipinski definition) is 1. The molecule has 0 amide bonds. The number of benzene rings is 1. The zero-order chi connectivity index (χ0) is 17.2. The summed E-state index contributed by atoms with van der Waals surface area (Å²) in [7, 11) is 0. The lowest BCUT2D eigenvalue weighted by Gasteiger charge is -2.18. The fraction of sp³-hybridized carbons (Fsp3) is 0.353. The van der Waals surface area contributed by atoms with Gasteiger partial charge in [0.1, 0.15) is 5.82 Å². The first-order valence-corrected chi connectivity index (χ1v) is 8.05. The van der Waals surface area contributed by atoms with Gasteiger partial charge in [0.15, 0.2) is 0 Å². The second-order valence-corrected chi connectivity index (χ2v) is 6.31. The largest absolute Gasteiger partial charge is 0.417 e. The molecule has 0 spiro atoms. The third-order valence-corrected chi connectivity index (χ3v) is 4.32. The van der Waals surface area contributed by atoms with Crippen molar-refractivity contribution in [3.63, 3.8) is 0 Å². The monoisotopic (exact) mass is 355 g/mol. The summed E-state index contributed by atoms with van der Waals surface area (Å²) in [6.07, 6.45) is -2.73. The molecule has 2 heterocycles. The minimum Gasteiger partial charge on any atom is -0.365 e. The summed E-state index contributed by atoms with van der Waals surface area (Å²) in [4.78, 5) is 6.13. The molecule has 1 atom stereocenters. The third kappa shape index (κ3) is 4.19. The highest BCUT2D eigenvalue weighted by Crippen LogP contribution is 2.32. The molecule has 2 aromatic rings. The standard InChI is InChI=1S/C17H17ClF3N3/c18-15-8-13(17(19,20)21)9-22-16(15)23-14-6-7-24(11-14)10-12-4-2-1-3-5-12/h1-5,8-9,14H,6-7,10-11H2,(H,22,23). The number of likely N-dealkylation sites (tertiary alicyclic amines) is 1. The molecule has 0 saturated carbocycles. The molecule has 128 valence electrons. The van der Waals surface area contributed by atoms with Crippen LogP contribution in [-0.2, 0) is 12.7 Å². The number of anilines is 1. The highest BCUT2D eigenvalue weighted by molar-refractivity contribution is 6.33. The van der Waals surface area contributed by atoms with E-state index in [2.05, 4.69) is 27.3 Å². The Bertz CT molecular complexity index is 691. The Morgan fingerprint density at radius 3 is 2.67 bits per heavy atom. The molecule has 0 radical (unpaired) electrons. The van der Waals surface area contributed by atoms with Gasteiger partial charge < -0.3 is 5.32 Å². The highest BCUT2D eigenvalue weighted by Gasteiger charge is 2.32. The van der Waals surface area contributed by atoms with Crippen molar-refractivity contribution in [1.29, 1.82) is 0 Å². The molecule has 3 nitrogen and oxygen atoms in total. The summed E-state index contributed by atoms with van der Waals surface area (Å²) in [5.74, 6) is 0.302. The Labute approximate surface area is 143 Å². The van der Waals surface area contributed by atoms with Crippen molar-refractivity contribution >= 4 is 17.4 Å². The SMILES string of the molecule is FC(F)(F)c1cnc(NC2CCN(Cc3ccccc3)C2)c(Cl)c1. The first kappa shape index (κ1) is 17.0. The van der Waals surface area contributed by atoms with Gasteiger partial charge in [-0.2, -0.15) is 13.2 Å². The maximum absolute atomic E-state index is 12.6. The lowest BCUT2D eigenvalue weighted by atomic mass is 10.2. The molecule has 1 N–H and O–H groups in total. The van der Waals surface area contributed by atoms with Gasteiger partial charge in [-0.3, -0.25) is 4.90 Å². The Kier molecular flexibility index (Phi) is 4.96. The van der Waals surface area contributed by atoms with Crippen LogP contribution in [0, 0.1) is 0 Å². The van der Waals surface area contributed by atoms with Crippen molar-refractivity contribution in [1.82, 2.24) is 9.88 Å². The second-order valence-electron chi connectivity index (χ2n) is 5.90. The van der Waals surface area contributed by atoms with Crippen molar-refractivity contribution < 1.29 is 13.2 Å². The number of pyridine rings is 1. The van der Waals surface area contributed by atoms with Crippen LogP contribution in [0.2, 0.25) is 5.02 Å². The van der Waals surface area contributed by atoms with E-state index in [1.165, 1.54) is 5.56 Å². The van der Waals surface area contributed by atoms with E-state index in [-0.39, 0.29) is 11.1 Å². The molecular formula is C17H17ClF3N3. The van der Waals surface area contributed by atoms with Crippen LogP contribution < -0.4 is 5.32 Å². The molecule has 1 aliphatic rings. The predicted molar refractivity (Wildman–Crippen MR) is 88.0 cm³/mol. The van der Waals surface area contributed by atoms with E-state index in [0.717, 1.165) is 38.3 Å². The van der Waals surface area contributed by atoms with Crippen LogP contribution in [0.15, 0.2) is 42.6 Å². The van der Waals surface area contributed by atoms with E-state index in [1.54, 1.807) is 0 Å². The number of alkyl halides is 3. The van der Waals surface area contributed by atoms with Crippen molar-refractivity contribution in [2.45, 2.75) is 25.2 Å². The molecule has 0 aliphatic carbocycles. The number of halogens is 4. The summed E-state index contributed by atoms with van der Waals surface area (Å²) in [6, 6.07) is 11.2. The normalized spacial score (nSPS) is 18.8. The Hall–Kier alpha value is -1.79. The average molecular weight is 356 g/mol. The number of nitrogens with one attached hydrogen (secondary N) is 1. The first-order valence-electron chi connectivity index (χ1n) is 7.67. The zero-order valence-electron chi connectivity index (χ0n) is 12.9. The van der Waals surface area contributed by atoms with Crippen molar-refractivity contribution in [2.75, 3.05) is 18.4 Å². The molecule has 1 aliphatic heterocycles. The molecule has 3 rings (SSSR count). The summed E-state index contributed by atoms with van der Waals surface area (Å²) in [5, 5.41) is 3.14. The minimum absolute atomic E-state index is 0.00802. The highest BCUT2D eigenvalue weighted by atomic mass is 35.5. The fourth-order valence-corrected chi connectivity index (χ4v) is 3.05. The molecule has 1 fully saturated rings. The molecule has 1 aromatic heterocycles. The van der Waals surface area contributed by atoms with E-state index >= 15 is 0 Å². The van der Waals surface area contributed by atoms with E-state index in [4.69, 9.17) is 11.6 Å². The smallest absolute Gasteiger partial charge is 0.365 e. The third-order valence-electron chi connectivity index (χ3n) is 4.03. The van der Waals surface area contributed by atoms with Gasteiger partial charge in [0.2, 0.25) is 0 Å². The lowest BCUT2D eigenvalue weighted by molar-refractivity contribution is -0.137. The average Bonchev–Trinajstić information content (AvgIpc) is 2.96. The maximum atomic E-state index is 12.6. The Morgan fingerprint density at radius 2 is 2.00 bits per heavy atom. The van der Waals surface area contributed by atoms with Crippen LogP contribution in [0.25, 0.3) is 0 Å². The molecule has 1 saturated heterocycles. The quantitative estimate of drug-likeness (QED) is 0.878. The molecule has 1 aromatic carbocycles. The van der Waals surface area contributed by atoms with Crippen LogP contribution in [0.5, 0.6) is 0 Å². The van der Waals surface area contributed by atoms with Crippen LogP contribution in [0.4, 0.5) is 19.0 Å². The Balaban J connectivity index is 1.59. The number of hydrogen-bond acceptors (Lipinski definition) is 3. The van der Waals surface area contributed by atoms with E-state index in [9.17, 15) is 13.2 Å². The Morgan fingerprint density at radius 1 is 1.25 bits per heavy atom. The van der Waals surface area contributed by atoms with E-state index in [0.29, 0.717) is 5.82 Å². The van der Waals surface area contributed by atoms with Crippen molar-refractivity contribution in [2.24, 2.45) is 0 Å². The molecule has 1 unspecified atom stereocenters. The summed E-state index contributed by atoms with van der Waals surface area (Å²) >= 11 is 5.94. The molecule has 24 heavy (non-hydrogen) atoms. The fourth-order valence-electron chi connectivity index (χ4n) is 2.83. The van der Waals surface area contributed by atoms with E-state index in [1.807, 2.05) is 18.2 Å². The van der Waals surface area contributed by atoms with Crippen molar-refractivity contribution in [3.05, 3.63) is 58.7 Å². The van der Waals surface area contributed by atoms with Gasteiger partial charge in [-0.1, -0.05) is 41.9 Å². The van der Waals surface area contributed by atoms with Crippen molar-refractivity contribution in [3.8, 4) is 0 Å². The van der Waals surface area contributed by atoms with Gasteiger partial charge in [0.05, 0.1) is 10.6 Å². The summed E-state index contributed by atoms with van der Waals surface area (Å²) < 4.78 is 37.9. The second kappa shape index (κ2) is 6.99. The van der Waals surface area contributed by atoms with Crippen LogP contribution in [0.3, 0.4) is 0 Å². The first-order chi connectivity index (χ1) is 11.4. The zero-order valence-corrected chi connectivity index (χ0v) is 13.6. The molecule has 0 bridgehead atoms. The van der Waals surface area contributed by atoms with Crippen LogP contribution >= 0.6 is 11.6 Å². The topological polar surface area (TPSA) is 28.2 Å². The molecule has 7 heteroatoms. The lowest BCUT2D eigenvalue weighted by Crippen LogP contribution is -2.26. The summed E-state index contributed by atoms with van der Waals surface area (Å²) in [6.45, 7) is 2.58. The van der Waals surface area contributed by atoms with Gasteiger partial charge in [0.25, 0.3) is 0 Å².